The molecule has 7 heteroatoms. The Hall–Kier alpha value is -3.32. The van der Waals surface area contributed by atoms with Gasteiger partial charge in [-0.15, -0.1) is 11.3 Å². The first-order valence-corrected chi connectivity index (χ1v) is 10.3. The smallest absolute Gasteiger partial charge is 0.249 e. The number of methoxy groups -OCH3 is 3. The number of nitrogens with one attached hydrogen (secondary N) is 1. The van der Waals surface area contributed by atoms with Crippen molar-refractivity contribution in [1.29, 1.82) is 0 Å². The molecule has 1 amide bonds. The molecule has 0 radical (unpaired) electrons. The van der Waals surface area contributed by atoms with E-state index in [2.05, 4.69) is 10.3 Å². The van der Waals surface area contributed by atoms with Gasteiger partial charge in [-0.3, -0.25) is 10.1 Å². The van der Waals surface area contributed by atoms with Crippen LogP contribution in [-0.2, 0) is 11.2 Å². The Morgan fingerprint density at radius 1 is 1.03 bits per heavy atom. The van der Waals surface area contributed by atoms with Crippen LogP contribution in [0, 0.1) is 0 Å². The van der Waals surface area contributed by atoms with Gasteiger partial charge in [-0.05, 0) is 60.9 Å². The second-order valence-electron chi connectivity index (χ2n) is 6.39. The number of carbonyl (C=O) groups excluding carboxylic acids is 1. The minimum atomic E-state index is -0.196. The van der Waals surface area contributed by atoms with Crippen molar-refractivity contribution < 1.29 is 19.0 Å². The maximum atomic E-state index is 12.2. The minimum absolute atomic E-state index is 0.196. The number of hydrogen-bond donors (Lipinski definition) is 1. The summed E-state index contributed by atoms with van der Waals surface area (Å²) in [5.74, 6) is 2.00. The summed E-state index contributed by atoms with van der Waals surface area (Å²) >= 11 is 1.39. The molecule has 1 heterocycles. The van der Waals surface area contributed by atoms with E-state index in [1.807, 2.05) is 53.9 Å². The molecular formula is C23H24N2O4S. The first-order chi connectivity index (χ1) is 14.6. The molecule has 6 nitrogen and oxygen atoms in total. The highest BCUT2D eigenvalue weighted by Gasteiger charge is 2.07. The Morgan fingerprint density at radius 3 is 2.50 bits per heavy atom. The molecule has 0 aliphatic heterocycles. The summed E-state index contributed by atoms with van der Waals surface area (Å²) in [5, 5.41) is 5.29. The van der Waals surface area contributed by atoms with E-state index in [4.69, 9.17) is 14.2 Å². The monoisotopic (exact) mass is 424 g/mol. The molecule has 0 fully saturated rings. The number of allylic oxidation sites excluding steroid dienone is 1. The molecule has 2 aromatic carbocycles. The number of thiazole rings is 1. The summed E-state index contributed by atoms with van der Waals surface area (Å²) in [6, 6.07) is 13.5. The number of amides is 1. The van der Waals surface area contributed by atoms with Crippen molar-refractivity contribution in [3.8, 4) is 28.5 Å². The summed E-state index contributed by atoms with van der Waals surface area (Å²) in [5.41, 5.74) is 2.90. The third kappa shape index (κ3) is 5.61. The number of anilines is 1. The zero-order valence-corrected chi connectivity index (χ0v) is 18.0. The number of hydrogen-bond acceptors (Lipinski definition) is 6. The van der Waals surface area contributed by atoms with E-state index in [0.29, 0.717) is 16.6 Å². The maximum absolute atomic E-state index is 12.2. The number of nitrogens with zero attached hydrogens (tertiary/aromatic N) is 1. The maximum Gasteiger partial charge on any atom is 0.249 e. The molecule has 0 aliphatic rings. The van der Waals surface area contributed by atoms with Crippen molar-refractivity contribution in [1.82, 2.24) is 4.98 Å². The molecule has 0 saturated heterocycles. The predicted molar refractivity (Wildman–Crippen MR) is 120 cm³/mol. The molecule has 0 atom stereocenters. The van der Waals surface area contributed by atoms with Crippen LogP contribution in [0.2, 0.25) is 0 Å². The zero-order valence-electron chi connectivity index (χ0n) is 17.2. The van der Waals surface area contributed by atoms with E-state index < -0.39 is 0 Å². The van der Waals surface area contributed by atoms with Crippen molar-refractivity contribution in [2.75, 3.05) is 26.6 Å². The number of aromatic nitrogens is 1. The molecule has 0 unspecified atom stereocenters. The number of benzene rings is 2. The quantitative estimate of drug-likeness (QED) is 0.492. The van der Waals surface area contributed by atoms with Gasteiger partial charge in [0.2, 0.25) is 5.91 Å². The fourth-order valence-corrected chi connectivity index (χ4v) is 3.57. The second kappa shape index (κ2) is 10.5. The fourth-order valence-electron chi connectivity index (χ4n) is 2.85. The van der Waals surface area contributed by atoms with Crippen LogP contribution in [-0.4, -0.2) is 32.2 Å². The lowest BCUT2D eigenvalue weighted by Gasteiger charge is -2.08. The predicted octanol–water partition coefficient (Wildman–Crippen LogP) is 4.96. The van der Waals surface area contributed by atoms with Crippen LogP contribution in [0.3, 0.4) is 0 Å². The van der Waals surface area contributed by atoms with Gasteiger partial charge in [0.15, 0.2) is 16.6 Å². The Kier molecular flexibility index (Phi) is 7.45. The Morgan fingerprint density at radius 2 is 1.80 bits per heavy atom. The number of ether oxygens (including phenoxy) is 3. The van der Waals surface area contributed by atoms with Crippen LogP contribution in [0.4, 0.5) is 5.13 Å². The second-order valence-corrected chi connectivity index (χ2v) is 7.24. The molecule has 0 aliphatic carbocycles. The van der Waals surface area contributed by atoms with Crippen LogP contribution < -0.4 is 19.5 Å². The molecule has 0 spiro atoms. The van der Waals surface area contributed by atoms with Crippen LogP contribution in [0.1, 0.15) is 12.0 Å². The minimum Gasteiger partial charge on any atom is -0.497 e. The number of carbonyl (C=O) groups is 1. The average Bonchev–Trinajstić information content (AvgIpc) is 3.25. The van der Waals surface area contributed by atoms with E-state index in [-0.39, 0.29) is 5.91 Å². The highest BCUT2D eigenvalue weighted by atomic mass is 32.1. The molecule has 0 saturated carbocycles. The highest BCUT2D eigenvalue weighted by molar-refractivity contribution is 7.14. The molecule has 30 heavy (non-hydrogen) atoms. The van der Waals surface area contributed by atoms with Crippen molar-refractivity contribution in [3.63, 3.8) is 0 Å². The lowest BCUT2D eigenvalue weighted by molar-refractivity contribution is -0.111. The molecule has 1 aromatic heterocycles. The first-order valence-electron chi connectivity index (χ1n) is 9.41. The largest absolute Gasteiger partial charge is 0.497 e. The number of rotatable bonds is 9. The molecule has 0 bridgehead atoms. The van der Waals surface area contributed by atoms with Crippen LogP contribution in [0.15, 0.2) is 60.0 Å². The van der Waals surface area contributed by atoms with E-state index in [0.717, 1.165) is 35.4 Å². The van der Waals surface area contributed by atoms with Gasteiger partial charge in [0.1, 0.15) is 5.75 Å². The number of aryl methyl sites for hydroxylation is 1. The van der Waals surface area contributed by atoms with Crippen LogP contribution >= 0.6 is 11.3 Å². The lowest BCUT2D eigenvalue weighted by Crippen LogP contribution is -2.07. The van der Waals surface area contributed by atoms with Crippen molar-refractivity contribution in [2.45, 2.75) is 12.8 Å². The Balaban J connectivity index is 1.51. The summed E-state index contributed by atoms with van der Waals surface area (Å²) in [6.45, 7) is 0. The normalized spacial score (nSPS) is 10.8. The van der Waals surface area contributed by atoms with E-state index in [1.54, 1.807) is 21.3 Å². The molecule has 3 aromatic rings. The topological polar surface area (TPSA) is 69.7 Å². The van der Waals surface area contributed by atoms with Gasteiger partial charge in [0.25, 0.3) is 0 Å². The molecule has 1 N–H and O–H groups in total. The summed E-state index contributed by atoms with van der Waals surface area (Å²) < 4.78 is 15.7. The molecule has 156 valence electrons. The lowest BCUT2D eigenvalue weighted by atomic mass is 10.1. The van der Waals surface area contributed by atoms with Gasteiger partial charge in [0.05, 0.1) is 27.0 Å². The van der Waals surface area contributed by atoms with Crippen molar-refractivity contribution >= 4 is 22.4 Å². The van der Waals surface area contributed by atoms with Crippen LogP contribution in [0.5, 0.6) is 17.2 Å². The SMILES string of the molecule is COc1ccc(-c2csc(NC(=O)C=CCCc3ccc(OC)c(OC)c3)n2)cc1. The first kappa shape index (κ1) is 21.4. The van der Waals surface area contributed by atoms with Crippen molar-refractivity contribution in [3.05, 3.63) is 65.6 Å². The van der Waals surface area contributed by atoms with Gasteiger partial charge in [-0.2, -0.15) is 0 Å². The summed E-state index contributed by atoms with van der Waals surface area (Å²) in [6.07, 6.45) is 4.92. The highest BCUT2D eigenvalue weighted by Crippen LogP contribution is 2.28. The third-order valence-corrected chi connectivity index (χ3v) is 5.19. The van der Waals surface area contributed by atoms with E-state index in [1.165, 1.54) is 17.4 Å². The third-order valence-electron chi connectivity index (χ3n) is 4.44. The Bertz CT molecular complexity index is 1010. The van der Waals surface area contributed by atoms with Gasteiger partial charge in [0, 0.05) is 10.9 Å². The molecular weight excluding hydrogens is 400 g/mol. The van der Waals surface area contributed by atoms with Gasteiger partial charge in [-0.1, -0.05) is 12.1 Å². The average molecular weight is 425 g/mol. The fraction of sp³-hybridized carbons (Fsp3) is 0.217. The van der Waals surface area contributed by atoms with Crippen molar-refractivity contribution in [2.24, 2.45) is 0 Å². The zero-order chi connectivity index (χ0) is 21.3. The molecule has 3 rings (SSSR count). The summed E-state index contributed by atoms with van der Waals surface area (Å²) in [7, 11) is 4.86. The Labute approximate surface area is 180 Å². The van der Waals surface area contributed by atoms with Gasteiger partial charge in [-0.25, -0.2) is 4.98 Å². The standard InChI is InChI=1S/C23H24N2O4S/c1-27-18-11-9-17(10-12-18)19-15-30-23(24-19)25-22(26)7-5-4-6-16-8-13-20(28-2)21(14-16)29-3/h5,7-15H,4,6H2,1-3H3,(H,24,25,26). The van der Waals surface area contributed by atoms with E-state index in [9.17, 15) is 4.79 Å². The van der Waals surface area contributed by atoms with Gasteiger partial charge < -0.3 is 14.2 Å². The van der Waals surface area contributed by atoms with E-state index >= 15 is 0 Å². The van der Waals surface area contributed by atoms with Gasteiger partial charge >= 0.3 is 0 Å². The van der Waals surface area contributed by atoms with Crippen LogP contribution in [0.25, 0.3) is 11.3 Å². The summed E-state index contributed by atoms with van der Waals surface area (Å²) in [4.78, 5) is 16.6.